The van der Waals surface area contributed by atoms with E-state index in [1.165, 1.54) is 0 Å². The van der Waals surface area contributed by atoms with E-state index >= 15 is 0 Å². The molecular weight excluding hydrogens is 252 g/mol. The van der Waals surface area contributed by atoms with Crippen molar-refractivity contribution < 1.29 is 9.47 Å². The number of aromatic nitrogens is 1. The first-order chi connectivity index (χ1) is 9.42. The van der Waals surface area contributed by atoms with Gasteiger partial charge < -0.3 is 14.8 Å². The van der Waals surface area contributed by atoms with Gasteiger partial charge in [0.2, 0.25) is 0 Å². The average molecular weight is 280 g/mol. The zero-order valence-corrected chi connectivity index (χ0v) is 13.5. The Morgan fingerprint density at radius 3 is 2.60 bits per heavy atom. The summed E-state index contributed by atoms with van der Waals surface area (Å²) in [6.45, 7) is 11.6. The van der Waals surface area contributed by atoms with Gasteiger partial charge in [-0.25, -0.2) is 0 Å². The minimum absolute atomic E-state index is 0.287. The van der Waals surface area contributed by atoms with Crippen molar-refractivity contribution in [3.8, 4) is 5.75 Å². The predicted molar refractivity (Wildman–Crippen MR) is 82.1 cm³/mol. The molecule has 0 aliphatic heterocycles. The van der Waals surface area contributed by atoms with Crippen LogP contribution in [0.25, 0.3) is 0 Å². The van der Waals surface area contributed by atoms with E-state index in [4.69, 9.17) is 9.47 Å². The third-order valence-electron chi connectivity index (χ3n) is 2.96. The van der Waals surface area contributed by atoms with Crippen molar-refractivity contribution in [2.75, 3.05) is 26.9 Å². The minimum Gasteiger partial charge on any atom is -0.492 e. The van der Waals surface area contributed by atoms with Gasteiger partial charge in [-0.1, -0.05) is 20.8 Å². The molecule has 4 nitrogen and oxygen atoms in total. The van der Waals surface area contributed by atoms with Gasteiger partial charge in [-0.15, -0.1) is 0 Å². The minimum atomic E-state index is 0.287. The molecule has 20 heavy (non-hydrogen) atoms. The van der Waals surface area contributed by atoms with Crippen molar-refractivity contribution in [2.24, 2.45) is 5.41 Å². The largest absolute Gasteiger partial charge is 0.492 e. The van der Waals surface area contributed by atoms with E-state index in [1.54, 1.807) is 7.11 Å². The Labute approximate surface area is 122 Å². The van der Waals surface area contributed by atoms with Crippen LogP contribution in [0.3, 0.4) is 0 Å². The topological polar surface area (TPSA) is 43.4 Å². The molecule has 0 fully saturated rings. The van der Waals surface area contributed by atoms with Gasteiger partial charge in [-0.05, 0) is 30.9 Å². The molecule has 0 atom stereocenters. The number of pyridine rings is 1. The standard InChI is InChI=1S/C16H28N2O2/c1-13-6-7-15(20-10-8-16(2,3)4)14(18-13)12-17-9-11-19-5/h6-7,17H,8-12H2,1-5H3. The summed E-state index contributed by atoms with van der Waals surface area (Å²) in [4.78, 5) is 4.56. The van der Waals surface area contributed by atoms with Gasteiger partial charge in [0.05, 0.1) is 18.9 Å². The normalized spacial score (nSPS) is 11.7. The first-order valence-electron chi connectivity index (χ1n) is 7.21. The Hall–Kier alpha value is -1.13. The molecule has 0 saturated carbocycles. The SMILES string of the molecule is COCCNCc1nc(C)ccc1OCCC(C)(C)C. The van der Waals surface area contributed by atoms with Crippen molar-refractivity contribution in [3.05, 3.63) is 23.5 Å². The molecule has 0 spiro atoms. The predicted octanol–water partition coefficient (Wildman–Crippen LogP) is 2.94. The van der Waals surface area contributed by atoms with E-state index in [2.05, 4.69) is 31.1 Å². The lowest BCUT2D eigenvalue weighted by molar-refractivity contribution is 0.198. The molecule has 1 aromatic heterocycles. The second-order valence-electron chi connectivity index (χ2n) is 6.23. The molecule has 0 bridgehead atoms. The second-order valence-corrected chi connectivity index (χ2v) is 6.23. The van der Waals surface area contributed by atoms with Crippen LogP contribution < -0.4 is 10.1 Å². The molecule has 114 valence electrons. The molecule has 0 aliphatic carbocycles. The number of hydrogen-bond donors (Lipinski definition) is 1. The molecule has 1 rings (SSSR count). The Morgan fingerprint density at radius 1 is 1.20 bits per heavy atom. The maximum atomic E-state index is 5.89. The zero-order chi connectivity index (χ0) is 15.0. The molecule has 0 unspecified atom stereocenters. The molecule has 4 heteroatoms. The second kappa shape index (κ2) is 8.22. The summed E-state index contributed by atoms with van der Waals surface area (Å²) in [5, 5.41) is 3.31. The summed E-state index contributed by atoms with van der Waals surface area (Å²) < 4.78 is 10.9. The van der Waals surface area contributed by atoms with Gasteiger partial charge in [0.1, 0.15) is 5.75 Å². The molecule has 1 aromatic rings. The molecule has 1 N–H and O–H groups in total. The maximum absolute atomic E-state index is 5.89. The van der Waals surface area contributed by atoms with E-state index < -0.39 is 0 Å². The first-order valence-corrected chi connectivity index (χ1v) is 7.21. The summed E-state index contributed by atoms with van der Waals surface area (Å²) in [7, 11) is 1.70. The quantitative estimate of drug-likeness (QED) is 0.744. The molecule has 0 aliphatic rings. The van der Waals surface area contributed by atoms with Crippen LogP contribution >= 0.6 is 0 Å². The van der Waals surface area contributed by atoms with Crippen LogP contribution in [0.15, 0.2) is 12.1 Å². The number of nitrogens with zero attached hydrogens (tertiary/aromatic N) is 1. The summed E-state index contributed by atoms with van der Waals surface area (Å²) >= 11 is 0. The zero-order valence-electron chi connectivity index (χ0n) is 13.5. The van der Waals surface area contributed by atoms with Gasteiger partial charge in [-0.2, -0.15) is 0 Å². The highest BCUT2D eigenvalue weighted by atomic mass is 16.5. The Kier molecular flexibility index (Phi) is 6.96. The van der Waals surface area contributed by atoms with Gasteiger partial charge in [0.25, 0.3) is 0 Å². The fourth-order valence-electron chi connectivity index (χ4n) is 1.70. The first kappa shape index (κ1) is 16.9. The summed E-state index contributed by atoms with van der Waals surface area (Å²) in [5.41, 5.74) is 2.27. The van der Waals surface area contributed by atoms with Crippen LogP contribution in [-0.4, -0.2) is 31.9 Å². The highest BCUT2D eigenvalue weighted by molar-refractivity contribution is 5.29. The number of hydrogen-bond acceptors (Lipinski definition) is 4. The van der Waals surface area contributed by atoms with Crippen molar-refractivity contribution in [3.63, 3.8) is 0 Å². The molecule has 0 radical (unpaired) electrons. The van der Waals surface area contributed by atoms with Crippen molar-refractivity contribution in [1.29, 1.82) is 0 Å². The fourth-order valence-corrected chi connectivity index (χ4v) is 1.70. The van der Waals surface area contributed by atoms with E-state index in [0.717, 1.165) is 36.7 Å². The summed E-state index contributed by atoms with van der Waals surface area (Å²) in [6, 6.07) is 4.00. The number of rotatable bonds is 8. The number of nitrogens with one attached hydrogen (secondary N) is 1. The van der Waals surface area contributed by atoms with Gasteiger partial charge >= 0.3 is 0 Å². The number of ether oxygens (including phenoxy) is 2. The molecule has 1 heterocycles. The number of aryl methyl sites for hydroxylation is 1. The van der Waals surface area contributed by atoms with Gasteiger partial charge in [-0.3, -0.25) is 4.98 Å². The van der Waals surface area contributed by atoms with Crippen molar-refractivity contribution in [2.45, 2.75) is 40.7 Å². The monoisotopic (exact) mass is 280 g/mol. The summed E-state index contributed by atoms with van der Waals surface area (Å²) in [5.74, 6) is 0.879. The Balaban J connectivity index is 2.55. The van der Waals surface area contributed by atoms with Crippen LogP contribution in [0.5, 0.6) is 5.75 Å². The molecule has 0 saturated heterocycles. The molecule has 0 aromatic carbocycles. The highest BCUT2D eigenvalue weighted by Crippen LogP contribution is 2.21. The van der Waals surface area contributed by atoms with Crippen LogP contribution in [0, 0.1) is 12.3 Å². The lowest BCUT2D eigenvalue weighted by Gasteiger charge is -2.19. The van der Waals surface area contributed by atoms with E-state index in [9.17, 15) is 0 Å². The van der Waals surface area contributed by atoms with Crippen LogP contribution in [0.2, 0.25) is 0 Å². The summed E-state index contributed by atoms with van der Waals surface area (Å²) in [6.07, 6.45) is 1.03. The maximum Gasteiger partial charge on any atom is 0.142 e. The lowest BCUT2D eigenvalue weighted by atomic mass is 9.93. The van der Waals surface area contributed by atoms with Gasteiger partial charge in [0, 0.05) is 25.9 Å². The van der Waals surface area contributed by atoms with Gasteiger partial charge in [0.15, 0.2) is 0 Å². The van der Waals surface area contributed by atoms with Crippen LogP contribution in [0.1, 0.15) is 38.6 Å². The van der Waals surface area contributed by atoms with E-state index in [1.807, 2.05) is 19.1 Å². The van der Waals surface area contributed by atoms with Crippen LogP contribution in [-0.2, 0) is 11.3 Å². The molecular formula is C16H28N2O2. The van der Waals surface area contributed by atoms with Crippen molar-refractivity contribution in [1.82, 2.24) is 10.3 Å². The Bertz CT molecular complexity index is 400. The third-order valence-corrected chi connectivity index (χ3v) is 2.96. The molecule has 0 amide bonds. The van der Waals surface area contributed by atoms with Crippen molar-refractivity contribution >= 4 is 0 Å². The number of methoxy groups -OCH3 is 1. The van der Waals surface area contributed by atoms with Crippen LogP contribution in [0.4, 0.5) is 0 Å². The lowest BCUT2D eigenvalue weighted by Crippen LogP contribution is -2.20. The fraction of sp³-hybridized carbons (Fsp3) is 0.688. The third kappa shape index (κ3) is 6.87. The highest BCUT2D eigenvalue weighted by Gasteiger charge is 2.11. The smallest absolute Gasteiger partial charge is 0.142 e. The van der Waals surface area contributed by atoms with E-state index in [0.29, 0.717) is 13.2 Å². The van der Waals surface area contributed by atoms with E-state index in [-0.39, 0.29) is 5.41 Å². The average Bonchev–Trinajstić information content (AvgIpc) is 2.35. The Morgan fingerprint density at radius 2 is 1.95 bits per heavy atom.